The standard InChI is InChI=1S/C12H18N2OS.ClH/c1-9-4-5-10(16-2)8-11(9)12(15)14-7-3-6-13;/h4-5,8H,3,6-7,13H2,1-2H3,(H,14,15);1H. The summed E-state index contributed by atoms with van der Waals surface area (Å²) in [5.41, 5.74) is 7.13. The summed E-state index contributed by atoms with van der Waals surface area (Å²) in [6, 6.07) is 5.93. The average Bonchev–Trinajstić information content (AvgIpc) is 2.30. The minimum atomic E-state index is -0.0122. The van der Waals surface area contributed by atoms with Crippen LogP contribution < -0.4 is 11.1 Å². The molecule has 1 aromatic rings. The van der Waals surface area contributed by atoms with E-state index < -0.39 is 0 Å². The van der Waals surface area contributed by atoms with Gasteiger partial charge in [-0.3, -0.25) is 4.79 Å². The predicted molar refractivity (Wildman–Crippen MR) is 76.2 cm³/mol. The van der Waals surface area contributed by atoms with Gasteiger partial charge in [0.25, 0.3) is 5.91 Å². The first-order chi connectivity index (χ1) is 7.69. The zero-order chi connectivity index (χ0) is 12.0. The lowest BCUT2D eigenvalue weighted by molar-refractivity contribution is 0.0952. The van der Waals surface area contributed by atoms with E-state index in [0.717, 1.165) is 22.4 Å². The van der Waals surface area contributed by atoms with Crippen LogP contribution in [0.15, 0.2) is 23.1 Å². The Balaban J connectivity index is 0.00000256. The maximum Gasteiger partial charge on any atom is 0.251 e. The molecule has 0 aliphatic carbocycles. The van der Waals surface area contributed by atoms with Crippen molar-refractivity contribution in [3.05, 3.63) is 29.3 Å². The Hall–Kier alpha value is -0.710. The molecule has 1 amide bonds. The minimum Gasteiger partial charge on any atom is -0.352 e. The van der Waals surface area contributed by atoms with Gasteiger partial charge in [-0.05, 0) is 43.8 Å². The Morgan fingerprint density at radius 1 is 1.47 bits per heavy atom. The van der Waals surface area contributed by atoms with Gasteiger partial charge in [-0.25, -0.2) is 0 Å². The van der Waals surface area contributed by atoms with Gasteiger partial charge in [0.05, 0.1) is 0 Å². The molecule has 3 N–H and O–H groups in total. The second kappa shape index (κ2) is 8.39. The number of carbonyl (C=O) groups is 1. The molecule has 1 aromatic carbocycles. The van der Waals surface area contributed by atoms with Crippen molar-refractivity contribution in [3.8, 4) is 0 Å². The van der Waals surface area contributed by atoms with Crippen LogP contribution in [0.5, 0.6) is 0 Å². The molecule has 0 aromatic heterocycles. The molecule has 0 aliphatic heterocycles. The van der Waals surface area contributed by atoms with Gasteiger partial charge in [0.15, 0.2) is 0 Å². The summed E-state index contributed by atoms with van der Waals surface area (Å²) in [5, 5.41) is 2.86. The summed E-state index contributed by atoms with van der Waals surface area (Å²) >= 11 is 1.64. The van der Waals surface area contributed by atoms with Crippen molar-refractivity contribution in [1.29, 1.82) is 0 Å². The van der Waals surface area contributed by atoms with Gasteiger partial charge < -0.3 is 11.1 Å². The molecule has 17 heavy (non-hydrogen) atoms. The van der Waals surface area contributed by atoms with Crippen molar-refractivity contribution < 1.29 is 4.79 Å². The molecular formula is C12H19ClN2OS. The third-order valence-corrected chi connectivity index (χ3v) is 3.08. The van der Waals surface area contributed by atoms with Crippen LogP contribution in [0.4, 0.5) is 0 Å². The van der Waals surface area contributed by atoms with Gasteiger partial charge in [-0.15, -0.1) is 24.2 Å². The van der Waals surface area contributed by atoms with Crippen molar-refractivity contribution in [2.24, 2.45) is 5.73 Å². The Morgan fingerprint density at radius 3 is 2.76 bits per heavy atom. The van der Waals surface area contributed by atoms with E-state index in [2.05, 4.69) is 5.32 Å². The fraction of sp³-hybridized carbons (Fsp3) is 0.417. The van der Waals surface area contributed by atoms with E-state index in [1.54, 1.807) is 11.8 Å². The van der Waals surface area contributed by atoms with Crippen LogP contribution >= 0.6 is 24.2 Å². The molecule has 1 rings (SSSR count). The molecule has 0 atom stereocenters. The highest BCUT2D eigenvalue weighted by atomic mass is 35.5. The zero-order valence-corrected chi connectivity index (χ0v) is 11.8. The third kappa shape index (κ3) is 4.98. The van der Waals surface area contributed by atoms with Gasteiger partial charge in [0.1, 0.15) is 0 Å². The maximum atomic E-state index is 11.8. The predicted octanol–water partition coefficient (Wildman–Crippen LogP) is 2.22. The summed E-state index contributed by atoms with van der Waals surface area (Å²) in [4.78, 5) is 13.0. The summed E-state index contributed by atoms with van der Waals surface area (Å²) < 4.78 is 0. The first kappa shape index (κ1) is 16.3. The summed E-state index contributed by atoms with van der Waals surface area (Å²) in [6.45, 7) is 3.18. The highest BCUT2D eigenvalue weighted by Gasteiger charge is 2.08. The van der Waals surface area contributed by atoms with Gasteiger partial charge in [0.2, 0.25) is 0 Å². The highest BCUT2D eigenvalue weighted by molar-refractivity contribution is 7.98. The molecule has 0 bridgehead atoms. The van der Waals surface area contributed by atoms with Gasteiger partial charge in [-0.1, -0.05) is 6.07 Å². The molecule has 0 saturated heterocycles. The van der Waals surface area contributed by atoms with Crippen LogP contribution in [0.25, 0.3) is 0 Å². The molecule has 0 spiro atoms. The lowest BCUT2D eigenvalue weighted by Crippen LogP contribution is -2.26. The fourth-order valence-electron chi connectivity index (χ4n) is 1.37. The Kier molecular flexibility index (Phi) is 8.04. The second-order valence-corrected chi connectivity index (χ2v) is 4.46. The lowest BCUT2D eigenvalue weighted by atomic mass is 10.1. The topological polar surface area (TPSA) is 55.1 Å². The summed E-state index contributed by atoms with van der Waals surface area (Å²) in [7, 11) is 0. The van der Waals surface area contributed by atoms with Crippen LogP contribution in [-0.2, 0) is 0 Å². The van der Waals surface area contributed by atoms with E-state index in [4.69, 9.17) is 5.73 Å². The summed E-state index contributed by atoms with van der Waals surface area (Å²) in [5.74, 6) is -0.0122. The molecule has 0 fully saturated rings. The number of hydrogen-bond donors (Lipinski definition) is 2. The highest BCUT2D eigenvalue weighted by Crippen LogP contribution is 2.18. The lowest BCUT2D eigenvalue weighted by Gasteiger charge is -2.08. The van der Waals surface area contributed by atoms with E-state index in [9.17, 15) is 4.79 Å². The van der Waals surface area contributed by atoms with Gasteiger partial charge >= 0.3 is 0 Å². The number of thioether (sulfide) groups is 1. The van der Waals surface area contributed by atoms with Gasteiger partial charge in [-0.2, -0.15) is 0 Å². The molecule has 96 valence electrons. The number of rotatable bonds is 5. The number of nitrogens with two attached hydrogens (primary N) is 1. The SMILES string of the molecule is CSc1ccc(C)c(C(=O)NCCCN)c1.Cl. The monoisotopic (exact) mass is 274 g/mol. The number of carbonyl (C=O) groups excluding carboxylic acids is 1. The number of nitrogens with one attached hydrogen (secondary N) is 1. The van der Waals surface area contributed by atoms with Gasteiger partial charge in [0, 0.05) is 17.0 Å². The molecule has 0 heterocycles. The minimum absolute atomic E-state index is 0. The smallest absolute Gasteiger partial charge is 0.251 e. The Bertz CT molecular complexity index is 372. The molecule has 0 saturated carbocycles. The van der Waals surface area contributed by atoms with E-state index in [1.165, 1.54) is 0 Å². The molecule has 0 unspecified atom stereocenters. The molecule has 5 heteroatoms. The average molecular weight is 275 g/mol. The van der Waals surface area contributed by atoms with E-state index in [1.807, 2.05) is 31.4 Å². The fourth-order valence-corrected chi connectivity index (χ4v) is 1.81. The number of hydrogen-bond acceptors (Lipinski definition) is 3. The van der Waals surface area contributed by atoms with Crippen LogP contribution in [0.1, 0.15) is 22.3 Å². The van der Waals surface area contributed by atoms with Crippen molar-refractivity contribution in [2.75, 3.05) is 19.3 Å². The Labute approximate surface area is 113 Å². The largest absolute Gasteiger partial charge is 0.352 e. The van der Waals surface area contributed by atoms with Crippen molar-refractivity contribution >= 4 is 30.1 Å². The first-order valence-electron chi connectivity index (χ1n) is 5.32. The van der Waals surface area contributed by atoms with E-state index in [0.29, 0.717) is 13.1 Å². The van der Waals surface area contributed by atoms with E-state index >= 15 is 0 Å². The van der Waals surface area contributed by atoms with Crippen LogP contribution in [0, 0.1) is 6.92 Å². The van der Waals surface area contributed by atoms with Crippen molar-refractivity contribution in [1.82, 2.24) is 5.32 Å². The van der Waals surface area contributed by atoms with Crippen LogP contribution in [-0.4, -0.2) is 25.3 Å². The van der Waals surface area contributed by atoms with Crippen molar-refractivity contribution in [3.63, 3.8) is 0 Å². The van der Waals surface area contributed by atoms with Crippen LogP contribution in [0.3, 0.4) is 0 Å². The van der Waals surface area contributed by atoms with Crippen molar-refractivity contribution in [2.45, 2.75) is 18.2 Å². The normalized spacial score (nSPS) is 9.59. The molecule has 0 aliphatic rings. The quantitative estimate of drug-likeness (QED) is 0.639. The second-order valence-electron chi connectivity index (χ2n) is 3.58. The number of aryl methyl sites for hydroxylation is 1. The number of benzene rings is 1. The van der Waals surface area contributed by atoms with Crippen LogP contribution in [0.2, 0.25) is 0 Å². The summed E-state index contributed by atoms with van der Waals surface area (Å²) in [6.07, 6.45) is 2.81. The molecule has 0 radical (unpaired) electrons. The zero-order valence-electron chi connectivity index (χ0n) is 10.2. The first-order valence-corrected chi connectivity index (χ1v) is 6.54. The maximum absolute atomic E-state index is 11.8. The number of amides is 1. The Morgan fingerprint density at radius 2 is 2.18 bits per heavy atom. The number of halogens is 1. The van der Waals surface area contributed by atoms with E-state index in [-0.39, 0.29) is 18.3 Å². The third-order valence-electron chi connectivity index (χ3n) is 2.36. The molecular weight excluding hydrogens is 256 g/mol. The molecule has 3 nitrogen and oxygen atoms in total.